The fourth-order valence-electron chi connectivity index (χ4n) is 6.81. The zero-order valence-corrected chi connectivity index (χ0v) is 28.7. The van der Waals surface area contributed by atoms with Gasteiger partial charge in [-0.15, -0.1) is 0 Å². The zero-order valence-electron chi connectivity index (χ0n) is 28.7. The smallest absolute Gasteiger partial charge is 0.189 e. The average Bonchev–Trinajstić information content (AvgIpc) is 2.94. The number of hydrogen-bond acceptors (Lipinski definition) is 2. The number of hydrogen-bond donors (Lipinski definition) is 0. The maximum absolute atomic E-state index is 12.8. The van der Waals surface area contributed by atoms with Gasteiger partial charge in [-0.25, -0.2) is 0 Å². The van der Waals surface area contributed by atoms with Crippen LogP contribution in [0, 0.1) is 35.5 Å². The van der Waals surface area contributed by atoms with Gasteiger partial charge < -0.3 is 0 Å². The molecule has 0 bridgehead atoms. The number of carbonyl (C=O) groups is 2. The van der Waals surface area contributed by atoms with Crippen molar-refractivity contribution in [2.24, 2.45) is 35.5 Å². The third-order valence-electron chi connectivity index (χ3n) is 9.99. The van der Waals surface area contributed by atoms with Crippen molar-refractivity contribution in [1.29, 1.82) is 0 Å². The van der Waals surface area contributed by atoms with E-state index in [-0.39, 0.29) is 11.6 Å². The molecule has 2 heteroatoms. The SMILES string of the molecule is CC(C)CCCC(C)CCCC(C)CCCC(C)CCCC(C)CCCC(C)CCC1=CC(=O)c2ccccc2C1=O. The minimum absolute atomic E-state index is 0.0196. The monoisotopic (exact) mass is 579 g/mol. The van der Waals surface area contributed by atoms with Gasteiger partial charge in [0, 0.05) is 16.7 Å². The Labute approximate surface area is 260 Å². The Morgan fingerprint density at radius 2 is 0.833 bits per heavy atom. The molecule has 0 saturated carbocycles. The van der Waals surface area contributed by atoms with Gasteiger partial charge in [0.25, 0.3) is 0 Å². The third kappa shape index (κ3) is 14.7. The maximum atomic E-state index is 12.8. The molecule has 0 radical (unpaired) electrons. The molecule has 0 aliphatic heterocycles. The Balaban J connectivity index is 1.47. The van der Waals surface area contributed by atoms with Crippen LogP contribution in [0.4, 0.5) is 0 Å². The molecule has 1 aliphatic rings. The fraction of sp³-hybridized carbons (Fsp3) is 0.750. The standard InChI is InChI=1S/C40H66O2/c1-30(2)15-10-16-31(3)17-11-18-32(4)19-12-20-33(5)21-13-22-34(6)23-14-24-35(7)27-28-36-29-39(41)37-25-8-9-26-38(37)40(36)42/h8-9,25-26,29-35H,10-24,27-28H2,1-7H3. The molecule has 5 unspecified atom stereocenters. The molecule has 2 rings (SSSR count). The van der Waals surface area contributed by atoms with Gasteiger partial charge >= 0.3 is 0 Å². The van der Waals surface area contributed by atoms with Crippen molar-refractivity contribution in [3.8, 4) is 0 Å². The molecule has 1 aliphatic carbocycles. The number of carbonyl (C=O) groups excluding carboxylic acids is 2. The summed E-state index contributed by atoms with van der Waals surface area (Å²) in [6.07, 6.45) is 23.9. The predicted molar refractivity (Wildman–Crippen MR) is 182 cm³/mol. The minimum Gasteiger partial charge on any atom is -0.289 e. The van der Waals surface area contributed by atoms with Crippen molar-refractivity contribution in [3.63, 3.8) is 0 Å². The van der Waals surface area contributed by atoms with Crippen LogP contribution in [0.15, 0.2) is 35.9 Å². The highest BCUT2D eigenvalue weighted by atomic mass is 16.1. The van der Waals surface area contributed by atoms with Crippen LogP contribution in [-0.4, -0.2) is 11.6 Å². The number of ketones is 2. The van der Waals surface area contributed by atoms with E-state index in [0.29, 0.717) is 29.0 Å². The van der Waals surface area contributed by atoms with Crippen LogP contribution in [0.25, 0.3) is 0 Å². The fourth-order valence-corrected chi connectivity index (χ4v) is 6.81. The van der Waals surface area contributed by atoms with Crippen molar-refractivity contribution < 1.29 is 9.59 Å². The molecule has 0 saturated heterocycles. The molecule has 238 valence electrons. The van der Waals surface area contributed by atoms with E-state index in [1.54, 1.807) is 18.2 Å². The van der Waals surface area contributed by atoms with E-state index in [1.165, 1.54) is 96.3 Å². The Bertz CT molecular complexity index is 941. The zero-order chi connectivity index (χ0) is 30.9. The summed E-state index contributed by atoms with van der Waals surface area (Å²) >= 11 is 0. The van der Waals surface area contributed by atoms with Crippen LogP contribution < -0.4 is 0 Å². The van der Waals surface area contributed by atoms with Gasteiger partial charge in [0.05, 0.1) is 0 Å². The highest BCUT2D eigenvalue weighted by Gasteiger charge is 2.25. The number of Topliss-reactive ketones (excluding diaryl/α,β-unsaturated/α-hetero) is 1. The van der Waals surface area contributed by atoms with E-state index in [2.05, 4.69) is 48.5 Å². The molecule has 0 heterocycles. The topological polar surface area (TPSA) is 34.1 Å². The van der Waals surface area contributed by atoms with Crippen molar-refractivity contribution in [2.75, 3.05) is 0 Å². The maximum Gasteiger partial charge on any atom is 0.189 e. The quantitative estimate of drug-likeness (QED) is 0.129. The first-order chi connectivity index (χ1) is 20.1. The molecule has 42 heavy (non-hydrogen) atoms. The lowest BCUT2D eigenvalue weighted by Crippen LogP contribution is -2.17. The summed E-state index contributed by atoms with van der Waals surface area (Å²) in [4.78, 5) is 25.2. The summed E-state index contributed by atoms with van der Waals surface area (Å²) < 4.78 is 0. The first-order valence-corrected chi connectivity index (χ1v) is 17.9. The highest BCUT2D eigenvalue weighted by Crippen LogP contribution is 2.28. The Morgan fingerprint density at radius 1 is 0.476 bits per heavy atom. The molecule has 0 spiro atoms. The Hall–Kier alpha value is -1.70. The van der Waals surface area contributed by atoms with Gasteiger partial charge in [0.2, 0.25) is 0 Å². The Morgan fingerprint density at radius 3 is 1.24 bits per heavy atom. The second kappa shape index (κ2) is 20.3. The molecule has 0 N–H and O–H groups in total. The molecule has 5 atom stereocenters. The summed E-state index contributed by atoms with van der Waals surface area (Å²) in [5.74, 6) is 4.92. The molecule has 0 aromatic heterocycles. The molecule has 0 amide bonds. The Kier molecular flexibility index (Phi) is 17.6. The van der Waals surface area contributed by atoms with Crippen molar-refractivity contribution in [3.05, 3.63) is 47.0 Å². The van der Waals surface area contributed by atoms with Crippen LogP contribution >= 0.6 is 0 Å². The van der Waals surface area contributed by atoms with Crippen molar-refractivity contribution in [2.45, 2.75) is 158 Å². The summed E-state index contributed by atoms with van der Waals surface area (Å²) in [5.41, 5.74) is 1.82. The lowest BCUT2D eigenvalue weighted by atomic mass is 9.85. The number of fused-ring (bicyclic) bond motifs is 1. The largest absolute Gasteiger partial charge is 0.289 e. The molecular formula is C40H66O2. The first-order valence-electron chi connectivity index (χ1n) is 17.9. The van der Waals surface area contributed by atoms with E-state index in [0.717, 1.165) is 36.0 Å². The van der Waals surface area contributed by atoms with Crippen molar-refractivity contribution in [1.82, 2.24) is 0 Å². The van der Waals surface area contributed by atoms with Crippen LogP contribution in [-0.2, 0) is 0 Å². The first kappa shape index (κ1) is 36.5. The second-order valence-electron chi connectivity index (χ2n) is 15.0. The number of benzene rings is 1. The van der Waals surface area contributed by atoms with Crippen LogP contribution in [0.5, 0.6) is 0 Å². The number of allylic oxidation sites excluding steroid dienone is 2. The van der Waals surface area contributed by atoms with Gasteiger partial charge in [-0.05, 0) is 54.4 Å². The summed E-state index contributed by atoms with van der Waals surface area (Å²) in [6.45, 7) is 16.8. The predicted octanol–water partition coefficient (Wildman–Crippen LogP) is 12.5. The lowest BCUT2D eigenvalue weighted by molar-refractivity contribution is 0.0980. The summed E-state index contributed by atoms with van der Waals surface area (Å²) in [5, 5.41) is 0. The highest BCUT2D eigenvalue weighted by molar-refractivity contribution is 6.24. The van der Waals surface area contributed by atoms with E-state index < -0.39 is 0 Å². The lowest BCUT2D eigenvalue weighted by Gasteiger charge is -2.18. The van der Waals surface area contributed by atoms with Crippen molar-refractivity contribution >= 4 is 11.6 Å². The van der Waals surface area contributed by atoms with E-state index in [9.17, 15) is 9.59 Å². The van der Waals surface area contributed by atoms with Gasteiger partial charge in [0.15, 0.2) is 11.6 Å². The molecule has 0 fully saturated rings. The summed E-state index contributed by atoms with van der Waals surface area (Å²) in [6, 6.07) is 7.21. The summed E-state index contributed by atoms with van der Waals surface area (Å²) in [7, 11) is 0. The second-order valence-corrected chi connectivity index (χ2v) is 15.0. The van der Waals surface area contributed by atoms with E-state index in [1.807, 2.05) is 12.1 Å². The van der Waals surface area contributed by atoms with Gasteiger partial charge in [-0.2, -0.15) is 0 Å². The van der Waals surface area contributed by atoms with E-state index in [4.69, 9.17) is 0 Å². The molecule has 2 nitrogen and oxygen atoms in total. The third-order valence-corrected chi connectivity index (χ3v) is 9.99. The van der Waals surface area contributed by atoms with Gasteiger partial charge in [0.1, 0.15) is 0 Å². The van der Waals surface area contributed by atoms with Gasteiger partial charge in [-0.1, -0.05) is 169 Å². The molecule has 1 aromatic carbocycles. The van der Waals surface area contributed by atoms with Crippen LogP contribution in [0.3, 0.4) is 0 Å². The van der Waals surface area contributed by atoms with Gasteiger partial charge in [-0.3, -0.25) is 9.59 Å². The molecular weight excluding hydrogens is 512 g/mol. The van der Waals surface area contributed by atoms with E-state index >= 15 is 0 Å². The molecule has 1 aromatic rings. The number of rotatable bonds is 23. The van der Waals surface area contributed by atoms with Crippen LogP contribution in [0.1, 0.15) is 178 Å². The average molecular weight is 579 g/mol. The minimum atomic E-state index is -0.0196. The van der Waals surface area contributed by atoms with Crippen LogP contribution in [0.2, 0.25) is 0 Å². The normalized spacial score (nSPS) is 17.1.